The zero-order valence-electron chi connectivity index (χ0n) is 15.5. The van der Waals surface area contributed by atoms with Gasteiger partial charge in [0.1, 0.15) is 12.4 Å². The molecule has 1 heterocycles. The number of benzene rings is 3. The van der Waals surface area contributed by atoms with Crippen molar-refractivity contribution in [1.82, 2.24) is 0 Å². The van der Waals surface area contributed by atoms with Gasteiger partial charge in [0.25, 0.3) is 0 Å². The highest BCUT2D eigenvalue weighted by Crippen LogP contribution is 2.22. The van der Waals surface area contributed by atoms with E-state index in [-0.39, 0.29) is 5.70 Å². The Labute approximate surface area is 163 Å². The minimum absolute atomic E-state index is 0.288. The lowest BCUT2D eigenvalue weighted by Crippen LogP contribution is -2.06. The van der Waals surface area contributed by atoms with Gasteiger partial charge in [-0.3, -0.25) is 0 Å². The van der Waals surface area contributed by atoms with Crippen LogP contribution in [0, 0.1) is 6.92 Å². The number of rotatable bonds is 5. The van der Waals surface area contributed by atoms with E-state index in [2.05, 4.69) is 4.99 Å². The Morgan fingerprint density at radius 3 is 2.39 bits per heavy atom. The lowest BCUT2D eigenvalue weighted by molar-refractivity contribution is -0.129. The summed E-state index contributed by atoms with van der Waals surface area (Å²) in [6.07, 6.45) is 1.72. The molecule has 0 atom stereocenters. The summed E-state index contributed by atoms with van der Waals surface area (Å²) in [4.78, 5) is 16.5. The standard InChI is InChI=1S/C24H19NO3/c1-17-7-5-6-10-21(17)23-25-22(24(26)28-23)15-18-11-13-20(14-12-18)27-16-19-8-3-2-4-9-19/h2-15H,16H2,1H3/b22-15+. The molecule has 0 aromatic heterocycles. The Hall–Kier alpha value is -3.66. The first-order valence-corrected chi connectivity index (χ1v) is 9.04. The molecular weight excluding hydrogens is 350 g/mol. The van der Waals surface area contributed by atoms with E-state index in [0.717, 1.165) is 28.0 Å². The summed E-state index contributed by atoms with van der Waals surface area (Å²) < 4.78 is 11.1. The van der Waals surface area contributed by atoms with Gasteiger partial charge in [0.2, 0.25) is 5.90 Å². The molecule has 1 aliphatic rings. The van der Waals surface area contributed by atoms with Gasteiger partial charge in [0.05, 0.1) is 0 Å². The van der Waals surface area contributed by atoms with Gasteiger partial charge < -0.3 is 9.47 Å². The highest BCUT2D eigenvalue weighted by atomic mass is 16.6. The van der Waals surface area contributed by atoms with Crippen LogP contribution in [0.3, 0.4) is 0 Å². The van der Waals surface area contributed by atoms with Crippen LogP contribution < -0.4 is 4.74 Å². The highest BCUT2D eigenvalue weighted by molar-refractivity contribution is 6.13. The van der Waals surface area contributed by atoms with Crippen LogP contribution in [0.2, 0.25) is 0 Å². The summed E-state index contributed by atoms with van der Waals surface area (Å²) >= 11 is 0. The summed E-state index contributed by atoms with van der Waals surface area (Å²) in [7, 11) is 0. The lowest BCUT2D eigenvalue weighted by atomic mass is 10.1. The van der Waals surface area contributed by atoms with Crippen molar-refractivity contribution in [1.29, 1.82) is 0 Å². The molecule has 1 aliphatic heterocycles. The Kier molecular flexibility index (Phi) is 5.02. The fourth-order valence-corrected chi connectivity index (χ4v) is 2.90. The molecule has 4 rings (SSSR count). The van der Waals surface area contributed by atoms with Crippen molar-refractivity contribution in [2.24, 2.45) is 4.99 Å². The average Bonchev–Trinajstić information content (AvgIpc) is 3.08. The van der Waals surface area contributed by atoms with Crippen molar-refractivity contribution in [3.63, 3.8) is 0 Å². The summed E-state index contributed by atoms with van der Waals surface area (Å²) in [6, 6.07) is 25.2. The molecule has 28 heavy (non-hydrogen) atoms. The molecule has 138 valence electrons. The van der Waals surface area contributed by atoms with Gasteiger partial charge in [-0.25, -0.2) is 9.79 Å². The maximum Gasteiger partial charge on any atom is 0.363 e. The fraction of sp³-hybridized carbons (Fsp3) is 0.0833. The number of hydrogen-bond acceptors (Lipinski definition) is 4. The summed E-state index contributed by atoms with van der Waals surface area (Å²) in [6.45, 7) is 2.47. The smallest absolute Gasteiger partial charge is 0.363 e. The van der Waals surface area contributed by atoms with Crippen molar-refractivity contribution < 1.29 is 14.3 Å². The van der Waals surface area contributed by atoms with E-state index in [1.54, 1.807) is 6.08 Å². The van der Waals surface area contributed by atoms with E-state index in [9.17, 15) is 4.79 Å². The molecule has 0 spiro atoms. The zero-order valence-corrected chi connectivity index (χ0v) is 15.5. The average molecular weight is 369 g/mol. The van der Waals surface area contributed by atoms with E-state index >= 15 is 0 Å². The van der Waals surface area contributed by atoms with Gasteiger partial charge in [-0.2, -0.15) is 0 Å². The van der Waals surface area contributed by atoms with Gasteiger partial charge in [-0.1, -0.05) is 60.7 Å². The minimum Gasteiger partial charge on any atom is -0.489 e. The number of carbonyl (C=O) groups excluding carboxylic acids is 1. The Balaban J connectivity index is 1.48. The van der Waals surface area contributed by atoms with Gasteiger partial charge in [0.15, 0.2) is 5.70 Å². The molecule has 4 heteroatoms. The van der Waals surface area contributed by atoms with Crippen molar-refractivity contribution in [2.75, 3.05) is 0 Å². The number of nitrogens with zero attached hydrogens (tertiary/aromatic N) is 1. The van der Waals surface area contributed by atoms with Crippen LogP contribution in [0.5, 0.6) is 5.75 Å². The topological polar surface area (TPSA) is 47.9 Å². The molecule has 0 unspecified atom stereocenters. The number of carbonyl (C=O) groups is 1. The molecule has 0 radical (unpaired) electrons. The number of ether oxygens (including phenoxy) is 2. The van der Waals surface area contributed by atoms with Gasteiger partial charge in [-0.15, -0.1) is 0 Å². The Morgan fingerprint density at radius 1 is 0.929 bits per heavy atom. The molecule has 0 amide bonds. The number of aliphatic imine (C=N–C) groups is 1. The molecule has 0 fully saturated rings. The molecule has 0 aliphatic carbocycles. The first-order chi connectivity index (χ1) is 13.7. The molecular formula is C24H19NO3. The first kappa shape index (κ1) is 17.7. The number of aryl methyl sites for hydroxylation is 1. The van der Waals surface area contributed by atoms with E-state index < -0.39 is 5.97 Å². The summed E-state index contributed by atoms with van der Waals surface area (Å²) in [5, 5.41) is 0. The third kappa shape index (κ3) is 4.01. The van der Waals surface area contributed by atoms with E-state index in [0.29, 0.717) is 12.5 Å². The van der Waals surface area contributed by atoms with E-state index in [1.165, 1.54) is 0 Å². The Bertz CT molecular complexity index is 1050. The normalized spacial score (nSPS) is 14.7. The molecule has 0 saturated carbocycles. The maximum absolute atomic E-state index is 12.2. The van der Waals surface area contributed by atoms with Crippen LogP contribution in [0.4, 0.5) is 0 Å². The van der Waals surface area contributed by atoms with Crippen LogP contribution >= 0.6 is 0 Å². The molecule has 3 aromatic carbocycles. The van der Waals surface area contributed by atoms with E-state index in [1.807, 2.05) is 85.8 Å². The van der Waals surface area contributed by atoms with Gasteiger partial charge in [0, 0.05) is 5.56 Å². The SMILES string of the molecule is Cc1ccccc1C1=N/C(=C/c2ccc(OCc3ccccc3)cc2)C(=O)O1. The van der Waals surface area contributed by atoms with Gasteiger partial charge in [-0.05, 0) is 47.9 Å². The van der Waals surface area contributed by atoms with Crippen molar-refractivity contribution in [2.45, 2.75) is 13.5 Å². The van der Waals surface area contributed by atoms with Crippen LogP contribution in [0.25, 0.3) is 6.08 Å². The second-order valence-corrected chi connectivity index (χ2v) is 6.49. The highest BCUT2D eigenvalue weighted by Gasteiger charge is 2.24. The summed E-state index contributed by atoms with van der Waals surface area (Å²) in [5.41, 5.74) is 4.09. The molecule has 3 aromatic rings. The monoisotopic (exact) mass is 369 g/mol. The number of cyclic esters (lactones) is 1. The van der Waals surface area contributed by atoms with Crippen LogP contribution in [-0.4, -0.2) is 11.9 Å². The molecule has 4 nitrogen and oxygen atoms in total. The predicted octanol–water partition coefficient (Wildman–Crippen LogP) is 4.92. The molecule has 0 saturated heterocycles. The zero-order chi connectivity index (χ0) is 19.3. The van der Waals surface area contributed by atoms with Crippen molar-refractivity contribution in [3.05, 3.63) is 107 Å². The van der Waals surface area contributed by atoms with Gasteiger partial charge >= 0.3 is 5.97 Å². The molecule has 0 bridgehead atoms. The predicted molar refractivity (Wildman–Crippen MR) is 109 cm³/mol. The first-order valence-electron chi connectivity index (χ1n) is 9.04. The number of esters is 1. The Morgan fingerprint density at radius 2 is 1.64 bits per heavy atom. The fourth-order valence-electron chi connectivity index (χ4n) is 2.90. The van der Waals surface area contributed by atoms with Crippen LogP contribution in [0.15, 0.2) is 89.6 Å². The second kappa shape index (κ2) is 7.92. The van der Waals surface area contributed by atoms with Crippen LogP contribution in [0.1, 0.15) is 22.3 Å². The quantitative estimate of drug-likeness (QED) is 0.474. The largest absolute Gasteiger partial charge is 0.489 e. The summed E-state index contributed by atoms with van der Waals surface area (Å²) in [5.74, 6) is 0.670. The second-order valence-electron chi connectivity index (χ2n) is 6.49. The van der Waals surface area contributed by atoms with Crippen molar-refractivity contribution >= 4 is 17.9 Å². The minimum atomic E-state index is -0.442. The van der Waals surface area contributed by atoms with E-state index in [4.69, 9.17) is 9.47 Å². The number of hydrogen-bond donors (Lipinski definition) is 0. The maximum atomic E-state index is 12.2. The van der Waals surface area contributed by atoms with Crippen LogP contribution in [-0.2, 0) is 16.1 Å². The third-order valence-electron chi connectivity index (χ3n) is 4.43. The molecule has 0 N–H and O–H groups in total. The lowest BCUT2D eigenvalue weighted by Gasteiger charge is -2.06. The third-order valence-corrected chi connectivity index (χ3v) is 4.43. The van der Waals surface area contributed by atoms with Crippen molar-refractivity contribution in [3.8, 4) is 5.75 Å².